The number of hydrogen-bond acceptors (Lipinski definition) is 1. The van der Waals surface area contributed by atoms with Crippen molar-refractivity contribution < 1.29 is 0 Å². The number of aryl methyl sites for hydroxylation is 3. The molecular formula is C35H27N3. The van der Waals surface area contributed by atoms with Crippen molar-refractivity contribution in [1.29, 1.82) is 0 Å². The van der Waals surface area contributed by atoms with Crippen LogP contribution in [0.15, 0.2) is 97.1 Å². The summed E-state index contributed by atoms with van der Waals surface area (Å²) in [5, 5.41) is 7.48. The quantitative estimate of drug-likeness (QED) is 0.237. The normalized spacial score (nSPS) is 12.2. The summed E-state index contributed by atoms with van der Waals surface area (Å²) in [5.41, 5.74) is 10.8. The van der Waals surface area contributed by atoms with Gasteiger partial charge < -0.3 is 4.57 Å². The molecule has 0 radical (unpaired) electrons. The second-order valence-electron chi connectivity index (χ2n) is 10.5. The zero-order chi connectivity index (χ0) is 25.5. The Balaban J connectivity index is 1.60. The highest BCUT2D eigenvalue weighted by molar-refractivity contribution is 6.16. The van der Waals surface area contributed by atoms with Gasteiger partial charge in [-0.15, -0.1) is 0 Å². The van der Waals surface area contributed by atoms with Gasteiger partial charge in [-0.25, -0.2) is 4.98 Å². The first-order valence-electron chi connectivity index (χ1n) is 13.4. The zero-order valence-electron chi connectivity index (χ0n) is 21.8. The Morgan fingerprint density at radius 2 is 1.39 bits per heavy atom. The van der Waals surface area contributed by atoms with E-state index in [0.717, 1.165) is 28.9 Å². The molecule has 0 saturated heterocycles. The van der Waals surface area contributed by atoms with Gasteiger partial charge in [0.05, 0.1) is 22.2 Å². The molecule has 8 aromatic rings. The van der Waals surface area contributed by atoms with Crippen LogP contribution < -0.4 is 0 Å². The molecule has 0 aliphatic rings. The first-order chi connectivity index (χ1) is 18.6. The van der Waals surface area contributed by atoms with Crippen LogP contribution >= 0.6 is 0 Å². The molecule has 38 heavy (non-hydrogen) atoms. The van der Waals surface area contributed by atoms with Gasteiger partial charge in [0.1, 0.15) is 5.65 Å². The Kier molecular flexibility index (Phi) is 4.34. The number of hydrogen-bond donors (Lipinski definition) is 0. The van der Waals surface area contributed by atoms with E-state index in [0.29, 0.717) is 0 Å². The summed E-state index contributed by atoms with van der Waals surface area (Å²) in [5.74, 6) is 0. The second-order valence-corrected chi connectivity index (χ2v) is 10.5. The summed E-state index contributed by atoms with van der Waals surface area (Å²) in [7, 11) is 0. The Morgan fingerprint density at radius 1 is 0.658 bits per heavy atom. The van der Waals surface area contributed by atoms with Crippen LogP contribution in [0, 0.1) is 13.8 Å². The summed E-state index contributed by atoms with van der Waals surface area (Å²) < 4.78 is 4.83. The molecule has 0 atom stereocenters. The predicted molar refractivity (Wildman–Crippen MR) is 161 cm³/mol. The largest absolute Gasteiger partial charge is 0.341 e. The van der Waals surface area contributed by atoms with Crippen molar-refractivity contribution in [3.8, 4) is 11.3 Å². The maximum absolute atomic E-state index is 5.28. The number of benzene rings is 5. The van der Waals surface area contributed by atoms with E-state index >= 15 is 0 Å². The van der Waals surface area contributed by atoms with Crippen LogP contribution in [0.4, 0.5) is 0 Å². The van der Waals surface area contributed by atoms with Gasteiger partial charge in [-0.3, -0.25) is 4.40 Å². The Hall–Kier alpha value is -4.63. The topological polar surface area (TPSA) is 22.2 Å². The molecule has 0 spiro atoms. The summed E-state index contributed by atoms with van der Waals surface area (Å²) in [6.45, 7) is 7.60. The molecule has 0 N–H and O–H groups in total. The Bertz CT molecular complexity index is 2230. The van der Waals surface area contributed by atoms with Crippen molar-refractivity contribution in [2.24, 2.45) is 0 Å². The van der Waals surface area contributed by atoms with Gasteiger partial charge in [0, 0.05) is 28.2 Å². The van der Waals surface area contributed by atoms with E-state index in [1.54, 1.807) is 0 Å². The lowest BCUT2D eigenvalue weighted by molar-refractivity contribution is 0.825. The van der Waals surface area contributed by atoms with Crippen LogP contribution in [-0.4, -0.2) is 14.0 Å². The fraction of sp³-hybridized carbons (Fsp3) is 0.114. The average molecular weight is 490 g/mol. The summed E-state index contributed by atoms with van der Waals surface area (Å²) in [6, 6.07) is 35.5. The highest BCUT2D eigenvalue weighted by Gasteiger charge is 2.18. The SMILES string of the molecule is CCn1c2cc3cc(-c4ccccc4)n4c5cc6ccccc6cc5nc4c3cc2c2cc(C)cc(C)c21. The first kappa shape index (κ1) is 21.5. The summed E-state index contributed by atoms with van der Waals surface area (Å²) in [4.78, 5) is 5.28. The lowest BCUT2D eigenvalue weighted by Crippen LogP contribution is -1.96. The Labute approximate surface area is 220 Å². The lowest BCUT2D eigenvalue weighted by Gasteiger charge is -2.12. The summed E-state index contributed by atoms with van der Waals surface area (Å²) in [6.07, 6.45) is 0. The van der Waals surface area contributed by atoms with E-state index in [-0.39, 0.29) is 0 Å². The fourth-order valence-electron chi connectivity index (χ4n) is 6.55. The monoisotopic (exact) mass is 489 g/mol. The first-order valence-corrected chi connectivity index (χ1v) is 13.4. The fourth-order valence-corrected chi connectivity index (χ4v) is 6.55. The number of aromatic nitrogens is 3. The minimum atomic E-state index is 0.934. The van der Waals surface area contributed by atoms with E-state index < -0.39 is 0 Å². The second kappa shape index (κ2) is 7.69. The van der Waals surface area contributed by atoms with Crippen molar-refractivity contribution in [3.05, 3.63) is 108 Å². The van der Waals surface area contributed by atoms with Crippen LogP contribution in [0.1, 0.15) is 18.1 Å². The molecule has 182 valence electrons. The molecule has 8 rings (SSSR count). The molecular weight excluding hydrogens is 462 g/mol. The Morgan fingerprint density at radius 3 is 2.18 bits per heavy atom. The third-order valence-corrected chi connectivity index (χ3v) is 8.15. The van der Waals surface area contributed by atoms with Crippen molar-refractivity contribution >= 4 is 60.0 Å². The van der Waals surface area contributed by atoms with Gasteiger partial charge in [-0.05, 0) is 84.5 Å². The lowest BCUT2D eigenvalue weighted by atomic mass is 10.0. The molecule has 3 nitrogen and oxygen atoms in total. The molecule has 0 fully saturated rings. The van der Waals surface area contributed by atoms with E-state index in [4.69, 9.17) is 4.98 Å². The molecule has 0 unspecified atom stereocenters. The van der Waals surface area contributed by atoms with E-state index in [1.807, 2.05) is 0 Å². The number of imidazole rings is 1. The maximum atomic E-state index is 5.28. The van der Waals surface area contributed by atoms with Crippen LogP contribution in [0.5, 0.6) is 0 Å². The van der Waals surface area contributed by atoms with Crippen molar-refractivity contribution in [2.75, 3.05) is 0 Å². The van der Waals surface area contributed by atoms with Gasteiger partial charge in [-0.2, -0.15) is 0 Å². The zero-order valence-corrected chi connectivity index (χ0v) is 21.8. The molecule has 0 amide bonds. The highest BCUT2D eigenvalue weighted by atomic mass is 15.0. The molecule has 3 heterocycles. The molecule has 3 aromatic heterocycles. The van der Waals surface area contributed by atoms with Gasteiger partial charge >= 0.3 is 0 Å². The van der Waals surface area contributed by atoms with Crippen molar-refractivity contribution in [2.45, 2.75) is 27.3 Å². The molecule has 3 heteroatoms. The summed E-state index contributed by atoms with van der Waals surface area (Å²) >= 11 is 0. The molecule has 0 aliphatic heterocycles. The van der Waals surface area contributed by atoms with Crippen LogP contribution in [0.3, 0.4) is 0 Å². The number of nitrogens with zero attached hydrogens (tertiary/aromatic N) is 3. The molecule has 0 aliphatic carbocycles. The van der Waals surface area contributed by atoms with Crippen molar-refractivity contribution in [1.82, 2.24) is 14.0 Å². The van der Waals surface area contributed by atoms with Gasteiger partial charge in [0.15, 0.2) is 0 Å². The number of pyridine rings is 1. The predicted octanol–water partition coefficient (Wildman–Crippen LogP) is 9.21. The minimum absolute atomic E-state index is 0.934. The van der Waals surface area contributed by atoms with Crippen LogP contribution in [0.25, 0.3) is 71.3 Å². The van der Waals surface area contributed by atoms with Crippen LogP contribution in [-0.2, 0) is 6.54 Å². The van der Waals surface area contributed by atoms with E-state index in [9.17, 15) is 0 Å². The van der Waals surface area contributed by atoms with Gasteiger partial charge in [0.2, 0.25) is 0 Å². The van der Waals surface area contributed by atoms with Gasteiger partial charge in [0.25, 0.3) is 0 Å². The molecule has 0 bridgehead atoms. The maximum Gasteiger partial charge on any atom is 0.146 e. The standard InChI is InChI=1S/C35H27N3/c1-4-37-32-19-26-18-31(23-10-6-5-7-11-23)38-33-17-25-13-9-8-12-24(25)16-30(33)36-35(38)27(26)20-28(32)29-15-21(2)14-22(3)34(29)37/h5-20H,4H2,1-3H3. The molecule has 0 saturated carbocycles. The third-order valence-electron chi connectivity index (χ3n) is 8.15. The molecule has 5 aromatic carbocycles. The minimum Gasteiger partial charge on any atom is -0.341 e. The average Bonchev–Trinajstić information content (AvgIpc) is 3.46. The third kappa shape index (κ3) is 2.87. The van der Waals surface area contributed by atoms with E-state index in [2.05, 4.69) is 127 Å². The van der Waals surface area contributed by atoms with Crippen LogP contribution in [0.2, 0.25) is 0 Å². The van der Waals surface area contributed by atoms with Crippen molar-refractivity contribution in [3.63, 3.8) is 0 Å². The number of fused-ring (bicyclic) bond motifs is 9. The number of rotatable bonds is 2. The van der Waals surface area contributed by atoms with Gasteiger partial charge in [-0.1, -0.05) is 66.2 Å². The highest BCUT2D eigenvalue weighted by Crippen LogP contribution is 2.39. The smallest absolute Gasteiger partial charge is 0.146 e. The van der Waals surface area contributed by atoms with E-state index in [1.165, 1.54) is 60.0 Å².